The predicted molar refractivity (Wildman–Crippen MR) is 80.8 cm³/mol. The molecule has 1 rings (SSSR count). The largest absolute Gasteiger partial charge is 0.481 e. The van der Waals surface area contributed by atoms with Crippen molar-refractivity contribution in [3.05, 3.63) is 35.4 Å². The van der Waals surface area contributed by atoms with Gasteiger partial charge in [-0.3, -0.25) is 14.5 Å². The molecule has 0 aromatic heterocycles. The Morgan fingerprint density at radius 2 is 1.68 bits per heavy atom. The Kier molecular flexibility index (Phi) is 7.25. The molecule has 120 valence electrons. The molecular weight excluding hydrogens is 286 g/mol. The van der Waals surface area contributed by atoms with Crippen LogP contribution in [-0.4, -0.2) is 45.9 Å². The highest BCUT2D eigenvalue weighted by Crippen LogP contribution is 2.09. The zero-order chi connectivity index (χ0) is 16.5. The van der Waals surface area contributed by atoms with Crippen LogP contribution in [0.1, 0.15) is 42.1 Å². The highest BCUT2D eigenvalue weighted by Gasteiger charge is 2.10. The molecule has 0 atom stereocenters. The van der Waals surface area contributed by atoms with Crippen LogP contribution in [0.5, 0.6) is 0 Å². The van der Waals surface area contributed by atoms with Gasteiger partial charge in [0.15, 0.2) is 0 Å². The molecule has 2 N–H and O–H groups in total. The van der Waals surface area contributed by atoms with E-state index < -0.39 is 11.9 Å². The summed E-state index contributed by atoms with van der Waals surface area (Å²) in [6, 6.07) is 6.53. The molecule has 0 bridgehead atoms. The van der Waals surface area contributed by atoms with Crippen LogP contribution in [0.4, 0.5) is 0 Å². The van der Waals surface area contributed by atoms with E-state index in [1.54, 1.807) is 12.1 Å². The van der Waals surface area contributed by atoms with E-state index in [1.807, 2.05) is 4.90 Å². The van der Waals surface area contributed by atoms with Gasteiger partial charge in [-0.15, -0.1) is 0 Å². The number of unbranched alkanes of at least 4 members (excludes halogenated alkanes) is 1. The summed E-state index contributed by atoms with van der Waals surface area (Å²) in [6.07, 6.45) is 1.40. The van der Waals surface area contributed by atoms with Gasteiger partial charge in [0.2, 0.25) is 0 Å². The standard InChI is InChI=1S/C16H21NO5/c1-12(18)10-17(9-3-2-4-15(19)20)11-13-5-7-14(8-6-13)16(21)22/h5-8H,2-4,9-11H2,1H3,(H,19,20)(H,21,22). The second-order valence-corrected chi connectivity index (χ2v) is 5.27. The number of carboxylic acid groups (broad SMARTS) is 2. The summed E-state index contributed by atoms with van der Waals surface area (Å²) in [6.45, 7) is 2.98. The van der Waals surface area contributed by atoms with Crippen molar-refractivity contribution in [2.45, 2.75) is 32.7 Å². The van der Waals surface area contributed by atoms with E-state index in [2.05, 4.69) is 0 Å². The lowest BCUT2D eigenvalue weighted by molar-refractivity contribution is -0.137. The molecule has 1 aromatic rings. The first kappa shape index (κ1) is 17.8. The topological polar surface area (TPSA) is 94.9 Å². The van der Waals surface area contributed by atoms with Crippen LogP contribution in [0.15, 0.2) is 24.3 Å². The molecule has 0 amide bonds. The molecule has 1 aromatic carbocycles. The number of hydrogen-bond donors (Lipinski definition) is 2. The van der Waals surface area contributed by atoms with Crippen molar-refractivity contribution >= 4 is 17.7 Å². The summed E-state index contributed by atoms with van der Waals surface area (Å²) in [7, 11) is 0. The number of aromatic carboxylic acids is 1. The maximum absolute atomic E-state index is 11.3. The van der Waals surface area contributed by atoms with Gasteiger partial charge in [-0.05, 0) is 44.0 Å². The summed E-state index contributed by atoms with van der Waals surface area (Å²) in [5.74, 6) is -1.75. The van der Waals surface area contributed by atoms with Crippen molar-refractivity contribution in [3.8, 4) is 0 Å². The highest BCUT2D eigenvalue weighted by atomic mass is 16.4. The molecule has 0 saturated carbocycles. The quantitative estimate of drug-likeness (QED) is 0.642. The third-order valence-corrected chi connectivity index (χ3v) is 3.17. The van der Waals surface area contributed by atoms with Crippen molar-refractivity contribution in [1.29, 1.82) is 0 Å². The fourth-order valence-electron chi connectivity index (χ4n) is 2.15. The molecule has 0 aliphatic carbocycles. The van der Waals surface area contributed by atoms with E-state index in [0.29, 0.717) is 32.5 Å². The van der Waals surface area contributed by atoms with Crippen LogP contribution in [0, 0.1) is 0 Å². The minimum absolute atomic E-state index is 0.0420. The molecule has 0 heterocycles. The van der Waals surface area contributed by atoms with Crippen LogP contribution in [-0.2, 0) is 16.1 Å². The first-order chi connectivity index (χ1) is 10.4. The SMILES string of the molecule is CC(=O)CN(CCCCC(=O)O)Cc1ccc(C(=O)O)cc1. The average molecular weight is 307 g/mol. The van der Waals surface area contributed by atoms with E-state index in [9.17, 15) is 14.4 Å². The fourth-order valence-corrected chi connectivity index (χ4v) is 2.15. The third kappa shape index (κ3) is 6.99. The van der Waals surface area contributed by atoms with Gasteiger partial charge in [-0.25, -0.2) is 4.79 Å². The molecule has 0 fully saturated rings. The van der Waals surface area contributed by atoms with Gasteiger partial charge in [-0.2, -0.15) is 0 Å². The second kappa shape index (κ2) is 8.94. The van der Waals surface area contributed by atoms with Crippen LogP contribution >= 0.6 is 0 Å². The van der Waals surface area contributed by atoms with Gasteiger partial charge in [0.05, 0.1) is 12.1 Å². The van der Waals surface area contributed by atoms with Crippen molar-refractivity contribution in [2.24, 2.45) is 0 Å². The number of benzene rings is 1. The Hall–Kier alpha value is -2.21. The third-order valence-electron chi connectivity index (χ3n) is 3.17. The smallest absolute Gasteiger partial charge is 0.335 e. The van der Waals surface area contributed by atoms with E-state index >= 15 is 0 Å². The maximum Gasteiger partial charge on any atom is 0.335 e. The molecule has 0 unspecified atom stereocenters. The Bertz CT molecular complexity index is 524. The van der Waals surface area contributed by atoms with E-state index in [4.69, 9.17) is 10.2 Å². The molecule has 22 heavy (non-hydrogen) atoms. The number of hydrogen-bond acceptors (Lipinski definition) is 4. The number of Topliss-reactive ketones (excluding diaryl/α,β-unsaturated/α-hetero) is 1. The van der Waals surface area contributed by atoms with Crippen molar-refractivity contribution < 1.29 is 24.6 Å². The summed E-state index contributed by atoms with van der Waals surface area (Å²) in [5, 5.41) is 17.5. The highest BCUT2D eigenvalue weighted by molar-refractivity contribution is 5.87. The summed E-state index contributed by atoms with van der Waals surface area (Å²) in [4.78, 5) is 34.5. The lowest BCUT2D eigenvalue weighted by Crippen LogP contribution is -2.29. The monoisotopic (exact) mass is 307 g/mol. The second-order valence-electron chi connectivity index (χ2n) is 5.27. The van der Waals surface area contributed by atoms with Crippen molar-refractivity contribution in [1.82, 2.24) is 4.90 Å². The number of rotatable bonds is 10. The van der Waals surface area contributed by atoms with Gasteiger partial charge < -0.3 is 10.2 Å². The molecule has 0 aliphatic rings. The van der Waals surface area contributed by atoms with Crippen molar-refractivity contribution in [2.75, 3.05) is 13.1 Å². The van der Waals surface area contributed by atoms with Gasteiger partial charge in [-0.1, -0.05) is 12.1 Å². The number of ketones is 1. The molecule has 6 nitrogen and oxygen atoms in total. The molecule has 0 radical (unpaired) electrons. The molecule has 6 heteroatoms. The summed E-state index contributed by atoms with van der Waals surface area (Å²) < 4.78 is 0. The number of nitrogens with zero attached hydrogens (tertiary/aromatic N) is 1. The Labute approximate surface area is 129 Å². The van der Waals surface area contributed by atoms with Gasteiger partial charge in [0.1, 0.15) is 5.78 Å². The zero-order valence-electron chi connectivity index (χ0n) is 12.6. The van der Waals surface area contributed by atoms with Crippen LogP contribution in [0.2, 0.25) is 0 Å². The predicted octanol–water partition coefficient (Wildman–Crippen LogP) is 2.03. The molecule has 0 saturated heterocycles. The van der Waals surface area contributed by atoms with Crippen LogP contribution in [0.3, 0.4) is 0 Å². The van der Waals surface area contributed by atoms with Crippen molar-refractivity contribution in [3.63, 3.8) is 0 Å². The minimum atomic E-state index is -0.971. The Balaban J connectivity index is 2.57. The molecule has 0 spiro atoms. The first-order valence-corrected chi connectivity index (χ1v) is 7.14. The first-order valence-electron chi connectivity index (χ1n) is 7.14. The van der Waals surface area contributed by atoms with E-state index in [1.165, 1.54) is 19.1 Å². The number of carbonyl (C=O) groups is 3. The molecular formula is C16H21NO5. The number of carbonyl (C=O) groups excluding carboxylic acids is 1. The normalized spacial score (nSPS) is 10.6. The fraction of sp³-hybridized carbons (Fsp3) is 0.438. The van der Waals surface area contributed by atoms with Crippen LogP contribution in [0.25, 0.3) is 0 Å². The van der Waals surface area contributed by atoms with E-state index in [0.717, 1.165) is 5.56 Å². The lowest BCUT2D eigenvalue weighted by Gasteiger charge is -2.21. The number of aliphatic carboxylic acids is 1. The summed E-state index contributed by atoms with van der Waals surface area (Å²) in [5.41, 5.74) is 1.15. The maximum atomic E-state index is 11.3. The lowest BCUT2D eigenvalue weighted by atomic mass is 10.1. The Morgan fingerprint density at radius 1 is 1.05 bits per heavy atom. The van der Waals surface area contributed by atoms with Crippen LogP contribution < -0.4 is 0 Å². The average Bonchev–Trinajstić information content (AvgIpc) is 2.43. The molecule has 0 aliphatic heterocycles. The van der Waals surface area contributed by atoms with Gasteiger partial charge in [0, 0.05) is 13.0 Å². The minimum Gasteiger partial charge on any atom is -0.481 e. The van der Waals surface area contributed by atoms with Gasteiger partial charge >= 0.3 is 11.9 Å². The van der Waals surface area contributed by atoms with E-state index in [-0.39, 0.29) is 17.8 Å². The zero-order valence-corrected chi connectivity index (χ0v) is 12.6. The number of carboxylic acids is 2. The summed E-state index contributed by atoms with van der Waals surface area (Å²) >= 11 is 0. The Morgan fingerprint density at radius 3 is 2.18 bits per heavy atom. The van der Waals surface area contributed by atoms with Gasteiger partial charge in [0.25, 0.3) is 0 Å².